The minimum absolute atomic E-state index is 0.0484. The third kappa shape index (κ3) is 4.08. The number of benzene rings is 3. The molecule has 0 aliphatic carbocycles. The number of anilines is 2. The first-order chi connectivity index (χ1) is 14.3. The summed E-state index contributed by atoms with van der Waals surface area (Å²) in [6.07, 6.45) is 0. The molecule has 0 bridgehead atoms. The molecule has 0 spiro atoms. The van der Waals surface area contributed by atoms with E-state index >= 15 is 0 Å². The molecule has 1 N–H and O–H groups in total. The molecule has 1 aliphatic rings. The molecule has 0 radical (unpaired) electrons. The molecule has 1 unspecified atom stereocenters. The number of aryl methyl sites for hydroxylation is 2. The zero-order chi connectivity index (χ0) is 21.3. The number of rotatable bonds is 5. The van der Waals surface area contributed by atoms with Crippen LogP contribution in [-0.2, 0) is 14.8 Å². The Labute approximate surface area is 181 Å². The Balaban J connectivity index is 1.65. The van der Waals surface area contributed by atoms with Crippen molar-refractivity contribution in [3.8, 4) is 0 Å². The Bertz CT molecular complexity index is 1190. The van der Waals surface area contributed by atoms with Gasteiger partial charge in [-0.15, -0.1) is 11.8 Å². The minimum atomic E-state index is -3.68. The third-order valence-electron chi connectivity index (χ3n) is 4.96. The fraction of sp³-hybridized carbons (Fsp3) is 0.174. The maximum absolute atomic E-state index is 12.7. The van der Waals surface area contributed by atoms with Crippen molar-refractivity contribution in [1.29, 1.82) is 0 Å². The summed E-state index contributed by atoms with van der Waals surface area (Å²) >= 11 is 1.54. The second-order valence-electron chi connectivity index (χ2n) is 7.26. The van der Waals surface area contributed by atoms with Crippen molar-refractivity contribution in [2.45, 2.75) is 24.1 Å². The van der Waals surface area contributed by atoms with Crippen LogP contribution in [0.15, 0.2) is 77.7 Å². The molecule has 1 atom stereocenters. The van der Waals surface area contributed by atoms with Crippen molar-refractivity contribution >= 4 is 39.1 Å². The Morgan fingerprint density at radius 2 is 1.73 bits per heavy atom. The summed E-state index contributed by atoms with van der Waals surface area (Å²) in [5.41, 5.74) is 4.41. The molecule has 1 saturated heterocycles. The fourth-order valence-corrected chi connectivity index (χ4v) is 5.81. The van der Waals surface area contributed by atoms with E-state index in [1.165, 1.54) is 0 Å². The molecule has 3 aromatic rings. The van der Waals surface area contributed by atoms with Gasteiger partial charge in [-0.2, -0.15) is 0 Å². The highest BCUT2D eigenvalue weighted by Crippen LogP contribution is 2.43. The van der Waals surface area contributed by atoms with E-state index in [1.54, 1.807) is 54.2 Å². The van der Waals surface area contributed by atoms with Crippen LogP contribution in [0.1, 0.15) is 22.1 Å². The molecule has 1 heterocycles. The summed E-state index contributed by atoms with van der Waals surface area (Å²) in [6, 6.07) is 21.5. The largest absolute Gasteiger partial charge is 0.295 e. The molecule has 30 heavy (non-hydrogen) atoms. The summed E-state index contributed by atoms with van der Waals surface area (Å²) < 4.78 is 28.0. The average molecular weight is 439 g/mol. The normalized spacial score (nSPS) is 16.7. The molecule has 0 aromatic heterocycles. The van der Waals surface area contributed by atoms with Gasteiger partial charge in [0.2, 0.25) is 5.91 Å². The van der Waals surface area contributed by atoms with Crippen LogP contribution in [-0.4, -0.2) is 20.1 Å². The lowest BCUT2D eigenvalue weighted by molar-refractivity contribution is -0.115. The summed E-state index contributed by atoms with van der Waals surface area (Å²) in [5, 5.41) is -0.208. The number of amides is 1. The van der Waals surface area contributed by atoms with Crippen molar-refractivity contribution in [3.63, 3.8) is 0 Å². The average Bonchev–Trinajstić information content (AvgIpc) is 3.10. The van der Waals surface area contributed by atoms with Gasteiger partial charge in [-0.3, -0.25) is 14.4 Å². The smallest absolute Gasteiger partial charge is 0.261 e. The van der Waals surface area contributed by atoms with Crippen molar-refractivity contribution in [3.05, 3.63) is 89.5 Å². The summed E-state index contributed by atoms with van der Waals surface area (Å²) in [4.78, 5) is 14.7. The lowest BCUT2D eigenvalue weighted by Gasteiger charge is -2.26. The maximum Gasteiger partial charge on any atom is 0.261 e. The molecule has 5 nitrogen and oxygen atoms in total. The second kappa shape index (κ2) is 8.16. The van der Waals surface area contributed by atoms with Crippen LogP contribution >= 0.6 is 11.8 Å². The molecule has 1 fully saturated rings. The van der Waals surface area contributed by atoms with Gasteiger partial charge in [0.25, 0.3) is 10.0 Å². The molecule has 1 amide bonds. The predicted octanol–water partition coefficient (Wildman–Crippen LogP) is 4.88. The number of carbonyl (C=O) groups excluding carboxylic acids is 1. The van der Waals surface area contributed by atoms with Crippen molar-refractivity contribution in [2.24, 2.45) is 0 Å². The Morgan fingerprint density at radius 1 is 0.967 bits per heavy atom. The van der Waals surface area contributed by atoms with Gasteiger partial charge in [-0.1, -0.05) is 48.0 Å². The first-order valence-corrected chi connectivity index (χ1v) is 12.1. The first-order valence-electron chi connectivity index (χ1n) is 9.54. The van der Waals surface area contributed by atoms with Gasteiger partial charge in [-0.25, -0.2) is 8.42 Å². The number of nitrogens with one attached hydrogen (secondary N) is 1. The van der Waals surface area contributed by atoms with E-state index in [4.69, 9.17) is 0 Å². The van der Waals surface area contributed by atoms with Crippen LogP contribution in [0.4, 0.5) is 11.4 Å². The standard InChI is InChI=1S/C23H22N2O3S2/c1-16-11-12-21(17(2)13-16)25-22(26)15-29-23(25)18-7-6-8-19(14-18)24-30(27,28)20-9-4-3-5-10-20/h3-14,23-24H,15H2,1-2H3. The molecule has 154 valence electrons. The van der Waals surface area contributed by atoms with Gasteiger partial charge in [0.1, 0.15) is 5.37 Å². The van der Waals surface area contributed by atoms with Crippen LogP contribution in [0.5, 0.6) is 0 Å². The third-order valence-corrected chi connectivity index (χ3v) is 7.57. The summed E-state index contributed by atoms with van der Waals surface area (Å²) in [5.74, 6) is 0.435. The van der Waals surface area contributed by atoms with E-state index in [1.807, 2.05) is 43.0 Å². The van der Waals surface area contributed by atoms with E-state index in [9.17, 15) is 13.2 Å². The molecule has 3 aromatic carbocycles. The van der Waals surface area contributed by atoms with Crippen LogP contribution < -0.4 is 9.62 Å². The highest BCUT2D eigenvalue weighted by atomic mass is 32.2. The summed E-state index contributed by atoms with van der Waals surface area (Å²) in [7, 11) is -3.68. The molecule has 1 aliphatic heterocycles. The van der Waals surface area contributed by atoms with Crippen LogP contribution in [0.3, 0.4) is 0 Å². The number of carbonyl (C=O) groups is 1. The van der Waals surface area contributed by atoms with Crippen LogP contribution in [0, 0.1) is 13.8 Å². The lowest BCUT2D eigenvalue weighted by Crippen LogP contribution is -2.28. The Hall–Kier alpha value is -2.77. The SMILES string of the molecule is Cc1ccc(N2C(=O)CSC2c2cccc(NS(=O)(=O)c3ccccc3)c2)c(C)c1. The van der Waals surface area contributed by atoms with E-state index in [0.29, 0.717) is 11.4 Å². The number of nitrogens with zero attached hydrogens (tertiary/aromatic N) is 1. The van der Waals surface area contributed by atoms with Crippen molar-refractivity contribution in [1.82, 2.24) is 0 Å². The zero-order valence-electron chi connectivity index (χ0n) is 16.7. The van der Waals surface area contributed by atoms with E-state index in [0.717, 1.165) is 22.4 Å². The van der Waals surface area contributed by atoms with Crippen molar-refractivity contribution in [2.75, 3.05) is 15.4 Å². The predicted molar refractivity (Wildman–Crippen MR) is 122 cm³/mol. The number of thioether (sulfide) groups is 1. The highest BCUT2D eigenvalue weighted by molar-refractivity contribution is 8.00. The van der Waals surface area contributed by atoms with Gasteiger partial charge in [-0.05, 0) is 55.3 Å². The molecular weight excluding hydrogens is 416 g/mol. The van der Waals surface area contributed by atoms with E-state index in [2.05, 4.69) is 10.8 Å². The van der Waals surface area contributed by atoms with Gasteiger partial charge in [0, 0.05) is 11.4 Å². The van der Waals surface area contributed by atoms with E-state index < -0.39 is 10.0 Å². The Kier molecular flexibility index (Phi) is 5.58. The summed E-state index contributed by atoms with van der Waals surface area (Å²) in [6.45, 7) is 4.03. The maximum atomic E-state index is 12.7. The number of hydrogen-bond acceptors (Lipinski definition) is 4. The zero-order valence-corrected chi connectivity index (χ0v) is 18.3. The van der Waals surface area contributed by atoms with Crippen LogP contribution in [0.2, 0.25) is 0 Å². The van der Waals surface area contributed by atoms with Gasteiger partial charge >= 0.3 is 0 Å². The molecular formula is C23H22N2O3S2. The number of hydrogen-bond donors (Lipinski definition) is 1. The molecule has 4 rings (SSSR count). The molecule has 0 saturated carbocycles. The van der Waals surface area contributed by atoms with E-state index in [-0.39, 0.29) is 16.2 Å². The van der Waals surface area contributed by atoms with Crippen molar-refractivity contribution < 1.29 is 13.2 Å². The van der Waals surface area contributed by atoms with Gasteiger partial charge in [0.05, 0.1) is 10.6 Å². The highest BCUT2D eigenvalue weighted by Gasteiger charge is 2.35. The minimum Gasteiger partial charge on any atom is -0.295 e. The molecule has 7 heteroatoms. The number of sulfonamides is 1. The van der Waals surface area contributed by atoms with Crippen LogP contribution in [0.25, 0.3) is 0 Å². The van der Waals surface area contributed by atoms with Gasteiger partial charge < -0.3 is 0 Å². The first kappa shape index (κ1) is 20.5. The Morgan fingerprint density at radius 3 is 2.47 bits per heavy atom. The quantitative estimate of drug-likeness (QED) is 0.616. The second-order valence-corrected chi connectivity index (χ2v) is 10.0. The fourth-order valence-electron chi connectivity index (χ4n) is 3.58. The topological polar surface area (TPSA) is 66.5 Å². The van der Waals surface area contributed by atoms with Gasteiger partial charge in [0.15, 0.2) is 0 Å². The monoisotopic (exact) mass is 438 g/mol. The lowest BCUT2D eigenvalue weighted by atomic mass is 10.1.